The predicted octanol–water partition coefficient (Wildman–Crippen LogP) is 2.72. The summed E-state index contributed by atoms with van der Waals surface area (Å²) in [6.45, 7) is 0. The summed E-state index contributed by atoms with van der Waals surface area (Å²) in [6, 6.07) is 4.33. The van der Waals surface area contributed by atoms with Crippen LogP contribution in [-0.4, -0.2) is 7.11 Å². The summed E-state index contributed by atoms with van der Waals surface area (Å²) in [5.41, 5.74) is 2.76. The number of fused-ring (bicyclic) bond motifs is 2. The number of rotatable bonds is 1. The van der Waals surface area contributed by atoms with Crippen molar-refractivity contribution in [2.24, 2.45) is 0 Å². The molecule has 0 unspecified atom stereocenters. The molecule has 0 heterocycles. The summed E-state index contributed by atoms with van der Waals surface area (Å²) in [7, 11) is 1.71. The van der Waals surface area contributed by atoms with Crippen LogP contribution < -0.4 is 10.9 Å². The number of methoxy groups -OCH3 is 1. The second-order valence-electron chi connectivity index (χ2n) is 2.77. The molecule has 0 atom stereocenters. The van der Waals surface area contributed by atoms with Gasteiger partial charge in [0, 0.05) is 0 Å². The van der Waals surface area contributed by atoms with Gasteiger partial charge in [-0.1, -0.05) is 6.07 Å². The van der Waals surface area contributed by atoms with E-state index in [1.165, 1.54) is 11.1 Å². The predicted molar refractivity (Wildman–Crippen MR) is 53.1 cm³/mol. The third-order valence-corrected chi connectivity index (χ3v) is 2.98. The zero-order valence-electron chi connectivity index (χ0n) is 7.06. The van der Waals surface area contributed by atoms with Crippen LogP contribution in [0.25, 0.3) is 0 Å². The van der Waals surface area contributed by atoms with Crippen molar-refractivity contribution in [3.63, 3.8) is 0 Å². The normalized spacial score (nSPS) is 12.5. The highest BCUT2D eigenvalue weighted by atomic mass is 79.9. The molecule has 0 amide bonds. The Hall–Kier alpha value is -0.540. The lowest BCUT2D eigenvalue weighted by Gasteiger charge is -2.03. The summed E-state index contributed by atoms with van der Waals surface area (Å²) in [6.07, 6.45) is 2.32. The second-order valence-corrected chi connectivity index (χ2v) is 3.56. The maximum absolute atomic E-state index is 5.20. The molecule has 1 aliphatic rings. The molecular formula is C9H12BrNO. The van der Waals surface area contributed by atoms with Gasteiger partial charge in [0.1, 0.15) is 5.75 Å². The molecule has 0 fully saturated rings. The van der Waals surface area contributed by atoms with Crippen LogP contribution in [0, 0.1) is 0 Å². The SMILES string of the molecule is COc1cc2cc(c1Br)CC2.N. The minimum atomic E-state index is 0. The molecular weight excluding hydrogens is 218 g/mol. The Bertz CT molecular complexity index is 299. The molecule has 1 aromatic carbocycles. The van der Waals surface area contributed by atoms with Crippen LogP contribution in [0.5, 0.6) is 5.75 Å². The van der Waals surface area contributed by atoms with E-state index in [0.29, 0.717) is 0 Å². The van der Waals surface area contributed by atoms with Crippen LogP contribution in [0.1, 0.15) is 11.1 Å². The molecule has 66 valence electrons. The number of aryl methyl sites for hydroxylation is 2. The third-order valence-electron chi connectivity index (χ3n) is 2.08. The van der Waals surface area contributed by atoms with Crippen molar-refractivity contribution in [2.45, 2.75) is 12.8 Å². The molecule has 2 rings (SSSR count). The number of hydrogen-bond donors (Lipinski definition) is 1. The van der Waals surface area contributed by atoms with Gasteiger partial charge in [-0.05, 0) is 46.0 Å². The summed E-state index contributed by atoms with van der Waals surface area (Å²) >= 11 is 3.51. The van der Waals surface area contributed by atoms with Gasteiger partial charge in [-0.2, -0.15) is 0 Å². The van der Waals surface area contributed by atoms with Crippen LogP contribution in [0.15, 0.2) is 16.6 Å². The summed E-state index contributed by atoms with van der Waals surface area (Å²) in [5, 5.41) is 0. The molecule has 0 radical (unpaired) electrons. The highest BCUT2D eigenvalue weighted by Gasteiger charge is 2.14. The summed E-state index contributed by atoms with van der Waals surface area (Å²) in [4.78, 5) is 0. The van der Waals surface area contributed by atoms with Crippen molar-refractivity contribution < 1.29 is 4.74 Å². The van der Waals surface area contributed by atoms with Crippen molar-refractivity contribution in [3.8, 4) is 5.75 Å². The van der Waals surface area contributed by atoms with E-state index in [4.69, 9.17) is 4.74 Å². The molecule has 0 spiro atoms. The van der Waals surface area contributed by atoms with Crippen LogP contribution >= 0.6 is 15.9 Å². The van der Waals surface area contributed by atoms with E-state index < -0.39 is 0 Å². The van der Waals surface area contributed by atoms with Gasteiger partial charge in [-0.25, -0.2) is 0 Å². The van der Waals surface area contributed by atoms with E-state index in [0.717, 1.165) is 23.1 Å². The molecule has 3 heteroatoms. The monoisotopic (exact) mass is 229 g/mol. The Kier molecular flexibility index (Phi) is 2.75. The molecule has 1 aromatic rings. The first-order chi connectivity index (χ1) is 5.31. The molecule has 0 saturated carbocycles. The summed E-state index contributed by atoms with van der Waals surface area (Å²) < 4.78 is 6.33. The lowest BCUT2D eigenvalue weighted by molar-refractivity contribution is 0.412. The first-order valence-electron chi connectivity index (χ1n) is 3.66. The smallest absolute Gasteiger partial charge is 0.133 e. The van der Waals surface area contributed by atoms with Crippen molar-refractivity contribution in [1.29, 1.82) is 0 Å². The van der Waals surface area contributed by atoms with Gasteiger partial charge in [0.2, 0.25) is 0 Å². The lowest BCUT2D eigenvalue weighted by atomic mass is 10.2. The van der Waals surface area contributed by atoms with Gasteiger partial charge in [-0.15, -0.1) is 0 Å². The largest absolute Gasteiger partial charge is 0.496 e. The van der Waals surface area contributed by atoms with E-state index in [9.17, 15) is 0 Å². The molecule has 0 saturated heterocycles. The first kappa shape index (κ1) is 9.55. The molecule has 0 aromatic heterocycles. The van der Waals surface area contributed by atoms with Gasteiger partial charge in [0.05, 0.1) is 11.6 Å². The van der Waals surface area contributed by atoms with Gasteiger partial charge in [0.25, 0.3) is 0 Å². The van der Waals surface area contributed by atoms with E-state index in [2.05, 4.69) is 28.1 Å². The number of benzene rings is 1. The average Bonchev–Trinajstić information content (AvgIpc) is 2.42. The lowest BCUT2D eigenvalue weighted by Crippen LogP contribution is -1.85. The molecule has 12 heavy (non-hydrogen) atoms. The van der Waals surface area contributed by atoms with Gasteiger partial charge in [0.15, 0.2) is 0 Å². The fraction of sp³-hybridized carbons (Fsp3) is 0.333. The topological polar surface area (TPSA) is 44.2 Å². The fourth-order valence-corrected chi connectivity index (χ4v) is 2.06. The Morgan fingerprint density at radius 2 is 2.08 bits per heavy atom. The minimum Gasteiger partial charge on any atom is -0.496 e. The van der Waals surface area contributed by atoms with Gasteiger partial charge < -0.3 is 10.9 Å². The number of halogens is 1. The van der Waals surface area contributed by atoms with Crippen molar-refractivity contribution >= 4 is 15.9 Å². The maximum atomic E-state index is 5.20. The van der Waals surface area contributed by atoms with Crippen molar-refractivity contribution in [2.75, 3.05) is 7.11 Å². The quantitative estimate of drug-likeness (QED) is 0.805. The van der Waals surface area contributed by atoms with Crippen LogP contribution in [-0.2, 0) is 12.8 Å². The zero-order chi connectivity index (χ0) is 7.84. The van der Waals surface area contributed by atoms with Crippen LogP contribution in [0.2, 0.25) is 0 Å². The highest BCUT2D eigenvalue weighted by Crippen LogP contribution is 2.34. The summed E-state index contributed by atoms with van der Waals surface area (Å²) in [5.74, 6) is 0.968. The van der Waals surface area contributed by atoms with Crippen LogP contribution in [0.3, 0.4) is 0 Å². The highest BCUT2D eigenvalue weighted by molar-refractivity contribution is 9.10. The number of hydrogen-bond acceptors (Lipinski definition) is 2. The van der Waals surface area contributed by atoms with Crippen LogP contribution in [0.4, 0.5) is 0 Å². The maximum Gasteiger partial charge on any atom is 0.133 e. The Balaban J connectivity index is 0.000000720. The number of ether oxygens (including phenoxy) is 1. The average molecular weight is 230 g/mol. The minimum absolute atomic E-state index is 0. The van der Waals surface area contributed by atoms with E-state index in [-0.39, 0.29) is 6.15 Å². The zero-order valence-corrected chi connectivity index (χ0v) is 8.65. The fourth-order valence-electron chi connectivity index (χ4n) is 1.47. The Labute approximate surface area is 80.6 Å². The van der Waals surface area contributed by atoms with Crippen molar-refractivity contribution in [1.82, 2.24) is 6.15 Å². The second kappa shape index (κ2) is 3.46. The first-order valence-corrected chi connectivity index (χ1v) is 4.46. The van der Waals surface area contributed by atoms with E-state index >= 15 is 0 Å². The van der Waals surface area contributed by atoms with Gasteiger partial charge >= 0.3 is 0 Å². The van der Waals surface area contributed by atoms with E-state index in [1.807, 2.05) is 0 Å². The molecule has 0 aliphatic heterocycles. The van der Waals surface area contributed by atoms with Gasteiger partial charge in [-0.3, -0.25) is 0 Å². The molecule has 2 bridgehead atoms. The Morgan fingerprint density at radius 3 is 2.75 bits per heavy atom. The molecule has 1 aliphatic carbocycles. The van der Waals surface area contributed by atoms with Crippen molar-refractivity contribution in [3.05, 3.63) is 27.7 Å². The Morgan fingerprint density at radius 1 is 1.33 bits per heavy atom. The standard InChI is InChI=1S/C9H9BrO.H3N/c1-11-8-5-6-2-3-7(4-6)9(8)10;/h4-5H,2-3H2,1H3;1H3. The third kappa shape index (κ3) is 1.34. The molecule has 2 nitrogen and oxygen atoms in total. The molecule has 3 N–H and O–H groups in total. The van der Waals surface area contributed by atoms with E-state index in [1.54, 1.807) is 7.11 Å².